The van der Waals surface area contributed by atoms with Crippen LogP contribution in [0.15, 0.2) is 70.7 Å². The van der Waals surface area contributed by atoms with Crippen LogP contribution in [-0.4, -0.2) is 10.8 Å². The summed E-state index contributed by atoms with van der Waals surface area (Å²) in [6.45, 7) is 0. The van der Waals surface area contributed by atoms with Crippen molar-refractivity contribution >= 4 is 23.4 Å². The van der Waals surface area contributed by atoms with Crippen LogP contribution in [0.4, 0.5) is 15.8 Å². The first-order valence-electron chi connectivity index (χ1n) is 7.99. The van der Waals surface area contributed by atoms with Gasteiger partial charge in [0.2, 0.25) is 0 Å². The fourth-order valence-corrected chi connectivity index (χ4v) is 2.36. The molecule has 0 bridgehead atoms. The van der Waals surface area contributed by atoms with Gasteiger partial charge in [0, 0.05) is 29.5 Å². The molecule has 0 aliphatic carbocycles. The lowest BCUT2D eigenvalue weighted by molar-refractivity contribution is -0.384. The van der Waals surface area contributed by atoms with Crippen molar-refractivity contribution in [1.82, 2.24) is 0 Å². The van der Waals surface area contributed by atoms with Crippen LogP contribution in [0.5, 0.6) is 0 Å². The van der Waals surface area contributed by atoms with E-state index in [-0.39, 0.29) is 17.0 Å². The Morgan fingerprint density at radius 3 is 2.39 bits per heavy atom. The lowest BCUT2D eigenvalue weighted by Crippen LogP contribution is -2.13. The van der Waals surface area contributed by atoms with E-state index in [1.165, 1.54) is 54.6 Å². The van der Waals surface area contributed by atoms with E-state index >= 15 is 0 Å². The first-order valence-corrected chi connectivity index (χ1v) is 7.99. The Balaban J connectivity index is 1.78. The van der Waals surface area contributed by atoms with Crippen LogP contribution < -0.4 is 5.32 Å². The SMILES string of the molecule is N#C/C(=C\c1ccc(-c2ccc([N+](=O)[O-])cc2)o1)C(=O)Nc1ccc(F)cc1. The first kappa shape index (κ1) is 18.5. The number of halogens is 1. The van der Waals surface area contributed by atoms with Crippen LogP contribution in [0.3, 0.4) is 0 Å². The van der Waals surface area contributed by atoms with E-state index in [0.717, 1.165) is 0 Å². The standard InChI is InChI=1S/C20H12FN3O4/c21-15-3-5-16(6-4-15)23-20(25)14(12-22)11-18-9-10-19(28-18)13-1-7-17(8-2-13)24(26)27/h1-11H,(H,23,25)/b14-11+. The molecule has 1 heterocycles. The predicted molar refractivity (Wildman–Crippen MR) is 99.4 cm³/mol. The van der Waals surface area contributed by atoms with Crippen molar-refractivity contribution in [3.63, 3.8) is 0 Å². The van der Waals surface area contributed by atoms with E-state index in [2.05, 4.69) is 5.32 Å². The Morgan fingerprint density at radius 2 is 1.79 bits per heavy atom. The average Bonchev–Trinajstić information content (AvgIpc) is 3.16. The van der Waals surface area contributed by atoms with Crippen molar-refractivity contribution in [1.29, 1.82) is 5.26 Å². The van der Waals surface area contributed by atoms with Crippen molar-refractivity contribution in [3.05, 3.63) is 87.9 Å². The number of amides is 1. The van der Waals surface area contributed by atoms with E-state index in [4.69, 9.17) is 4.42 Å². The minimum absolute atomic E-state index is 0.0420. The van der Waals surface area contributed by atoms with Crippen LogP contribution in [0, 0.1) is 27.3 Å². The number of benzene rings is 2. The maximum atomic E-state index is 12.9. The summed E-state index contributed by atoms with van der Waals surface area (Å²) >= 11 is 0. The van der Waals surface area contributed by atoms with Gasteiger partial charge in [-0.05, 0) is 48.5 Å². The number of hydrogen-bond acceptors (Lipinski definition) is 5. The molecule has 0 spiro atoms. The van der Waals surface area contributed by atoms with E-state index < -0.39 is 16.6 Å². The second-order valence-electron chi connectivity index (χ2n) is 5.64. The van der Waals surface area contributed by atoms with Crippen molar-refractivity contribution in [2.75, 3.05) is 5.32 Å². The first-order chi connectivity index (χ1) is 13.5. The molecule has 0 aliphatic rings. The third-order valence-corrected chi connectivity index (χ3v) is 3.74. The summed E-state index contributed by atoms with van der Waals surface area (Å²) in [5.74, 6) is -0.414. The number of carbonyl (C=O) groups is 1. The Labute approximate surface area is 158 Å². The minimum atomic E-state index is -0.664. The molecule has 0 radical (unpaired) electrons. The summed E-state index contributed by atoms with van der Waals surface area (Å²) < 4.78 is 18.5. The van der Waals surface area contributed by atoms with Crippen LogP contribution in [0.1, 0.15) is 5.76 Å². The van der Waals surface area contributed by atoms with Gasteiger partial charge in [0.15, 0.2) is 0 Å². The lowest BCUT2D eigenvalue weighted by Gasteiger charge is -2.03. The van der Waals surface area contributed by atoms with Gasteiger partial charge in [-0.25, -0.2) is 4.39 Å². The van der Waals surface area contributed by atoms with Crippen molar-refractivity contribution in [3.8, 4) is 17.4 Å². The Morgan fingerprint density at radius 1 is 1.11 bits per heavy atom. The Hall–Kier alpha value is -4.25. The predicted octanol–water partition coefficient (Wildman–Crippen LogP) is 4.54. The number of nitrogens with zero attached hydrogens (tertiary/aromatic N) is 2. The highest BCUT2D eigenvalue weighted by Gasteiger charge is 2.12. The number of nitro benzene ring substituents is 1. The Kier molecular flexibility index (Phi) is 5.28. The van der Waals surface area contributed by atoms with Gasteiger partial charge in [0.1, 0.15) is 29.0 Å². The number of anilines is 1. The molecule has 0 fully saturated rings. The van der Waals surface area contributed by atoms with Gasteiger partial charge >= 0.3 is 0 Å². The molecule has 1 N–H and O–H groups in total. The van der Waals surface area contributed by atoms with Crippen LogP contribution in [0.2, 0.25) is 0 Å². The molecule has 28 heavy (non-hydrogen) atoms. The monoisotopic (exact) mass is 377 g/mol. The third kappa shape index (κ3) is 4.28. The fourth-order valence-electron chi connectivity index (χ4n) is 2.36. The summed E-state index contributed by atoms with van der Waals surface area (Å²) in [5.41, 5.74) is 0.715. The second-order valence-corrected chi connectivity index (χ2v) is 5.64. The summed E-state index contributed by atoms with van der Waals surface area (Å²) in [6, 6.07) is 15.9. The fraction of sp³-hybridized carbons (Fsp3) is 0. The number of hydrogen-bond donors (Lipinski definition) is 1. The molecule has 0 saturated carbocycles. The summed E-state index contributed by atoms with van der Waals surface area (Å²) in [4.78, 5) is 22.4. The number of nitrogens with one attached hydrogen (secondary N) is 1. The molecule has 0 unspecified atom stereocenters. The lowest BCUT2D eigenvalue weighted by atomic mass is 10.1. The highest BCUT2D eigenvalue weighted by Crippen LogP contribution is 2.25. The highest BCUT2D eigenvalue weighted by molar-refractivity contribution is 6.09. The van der Waals surface area contributed by atoms with E-state index in [9.17, 15) is 24.6 Å². The largest absolute Gasteiger partial charge is 0.457 e. The van der Waals surface area contributed by atoms with E-state index in [1.54, 1.807) is 18.2 Å². The van der Waals surface area contributed by atoms with Crippen LogP contribution >= 0.6 is 0 Å². The molecule has 0 aliphatic heterocycles. The third-order valence-electron chi connectivity index (χ3n) is 3.74. The zero-order valence-corrected chi connectivity index (χ0v) is 14.3. The number of furan rings is 1. The molecule has 0 atom stereocenters. The molecule has 3 rings (SSSR count). The van der Waals surface area contributed by atoms with Crippen molar-refractivity contribution in [2.45, 2.75) is 0 Å². The maximum Gasteiger partial charge on any atom is 0.269 e. The molecule has 7 nitrogen and oxygen atoms in total. The van der Waals surface area contributed by atoms with Crippen molar-refractivity contribution in [2.24, 2.45) is 0 Å². The molecule has 1 aromatic heterocycles. The molecule has 3 aromatic rings. The molecular weight excluding hydrogens is 365 g/mol. The number of nitriles is 1. The van der Waals surface area contributed by atoms with Crippen LogP contribution in [-0.2, 0) is 4.79 Å². The zero-order valence-electron chi connectivity index (χ0n) is 14.3. The number of carbonyl (C=O) groups excluding carboxylic acids is 1. The molecule has 2 aromatic carbocycles. The quantitative estimate of drug-likeness (QED) is 0.304. The smallest absolute Gasteiger partial charge is 0.269 e. The van der Waals surface area contributed by atoms with Gasteiger partial charge in [0.25, 0.3) is 11.6 Å². The van der Waals surface area contributed by atoms with Gasteiger partial charge in [-0.1, -0.05) is 0 Å². The van der Waals surface area contributed by atoms with Gasteiger partial charge in [-0.3, -0.25) is 14.9 Å². The average molecular weight is 377 g/mol. The zero-order chi connectivity index (χ0) is 20.1. The van der Waals surface area contributed by atoms with E-state index in [1.807, 2.05) is 0 Å². The normalized spacial score (nSPS) is 10.9. The van der Waals surface area contributed by atoms with Gasteiger partial charge in [-0.15, -0.1) is 0 Å². The number of non-ortho nitro benzene ring substituents is 1. The highest BCUT2D eigenvalue weighted by atomic mass is 19.1. The molecule has 0 saturated heterocycles. The summed E-state index contributed by atoms with van der Waals surface area (Å²) in [6.07, 6.45) is 1.27. The van der Waals surface area contributed by atoms with Gasteiger partial charge in [0.05, 0.1) is 4.92 Å². The van der Waals surface area contributed by atoms with Crippen molar-refractivity contribution < 1.29 is 18.5 Å². The van der Waals surface area contributed by atoms with Crippen LogP contribution in [0.25, 0.3) is 17.4 Å². The molecule has 8 heteroatoms. The molecule has 138 valence electrons. The number of nitro groups is 1. The molecular formula is C20H12FN3O4. The van der Waals surface area contributed by atoms with Gasteiger partial charge < -0.3 is 9.73 Å². The maximum absolute atomic E-state index is 12.9. The van der Waals surface area contributed by atoms with Gasteiger partial charge in [-0.2, -0.15) is 5.26 Å². The topological polar surface area (TPSA) is 109 Å². The number of rotatable bonds is 5. The van der Waals surface area contributed by atoms with E-state index in [0.29, 0.717) is 17.0 Å². The molecule has 1 amide bonds. The summed E-state index contributed by atoms with van der Waals surface area (Å²) in [7, 11) is 0. The Bertz CT molecular complexity index is 1090. The second kappa shape index (κ2) is 7.97. The summed E-state index contributed by atoms with van der Waals surface area (Å²) in [5, 5.41) is 22.4. The minimum Gasteiger partial charge on any atom is -0.457 e.